The molecule has 0 spiro atoms. The standard InChI is InChI=1S/C25H30N4O2/c1-26-25(27-13-11-22-16-21-9-5-6-10-23(21)31-22)28-17-20-15-24(30)29(18-20)14-12-19-7-3-2-4-8-19/h2-10,16,20H,11-15,17-18H2,1H3,(H2,26,27,28). The zero-order chi connectivity index (χ0) is 21.5. The van der Waals surface area contributed by atoms with Crippen molar-refractivity contribution in [3.63, 3.8) is 0 Å². The normalized spacial score (nSPS) is 16.8. The molecule has 4 rings (SSSR count). The second-order valence-corrected chi connectivity index (χ2v) is 8.03. The maximum Gasteiger partial charge on any atom is 0.223 e. The highest BCUT2D eigenvalue weighted by Crippen LogP contribution is 2.19. The molecule has 6 nitrogen and oxygen atoms in total. The Morgan fingerprint density at radius 1 is 1.10 bits per heavy atom. The second-order valence-electron chi connectivity index (χ2n) is 8.03. The topological polar surface area (TPSA) is 69.9 Å². The van der Waals surface area contributed by atoms with Gasteiger partial charge in [-0.05, 0) is 24.1 Å². The first kappa shape index (κ1) is 21.0. The van der Waals surface area contributed by atoms with Crippen LogP contribution in [0.3, 0.4) is 0 Å². The number of aliphatic imine (C=N–C) groups is 1. The summed E-state index contributed by atoms with van der Waals surface area (Å²) < 4.78 is 5.86. The van der Waals surface area contributed by atoms with Gasteiger partial charge >= 0.3 is 0 Å². The minimum atomic E-state index is 0.246. The number of amides is 1. The fourth-order valence-corrected chi connectivity index (χ4v) is 4.04. The predicted octanol–water partition coefficient (Wildman–Crippen LogP) is 3.23. The van der Waals surface area contributed by atoms with E-state index in [2.05, 4.69) is 39.9 Å². The number of nitrogens with zero attached hydrogens (tertiary/aromatic N) is 2. The Balaban J connectivity index is 1.18. The summed E-state index contributed by atoms with van der Waals surface area (Å²) in [7, 11) is 1.77. The van der Waals surface area contributed by atoms with E-state index in [9.17, 15) is 4.79 Å². The van der Waals surface area contributed by atoms with Gasteiger partial charge in [-0.1, -0.05) is 48.5 Å². The molecule has 31 heavy (non-hydrogen) atoms. The minimum absolute atomic E-state index is 0.246. The molecule has 1 atom stereocenters. The van der Waals surface area contributed by atoms with Gasteiger partial charge in [0.1, 0.15) is 11.3 Å². The third kappa shape index (κ3) is 5.66. The quantitative estimate of drug-likeness (QED) is 0.435. The molecule has 0 saturated carbocycles. The summed E-state index contributed by atoms with van der Waals surface area (Å²) in [6.07, 6.45) is 2.28. The molecular formula is C25H30N4O2. The van der Waals surface area contributed by atoms with E-state index in [1.165, 1.54) is 5.56 Å². The molecule has 2 N–H and O–H groups in total. The van der Waals surface area contributed by atoms with Crippen LogP contribution >= 0.6 is 0 Å². The Morgan fingerprint density at radius 3 is 2.71 bits per heavy atom. The van der Waals surface area contributed by atoms with Crippen molar-refractivity contribution in [1.29, 1.82) is 0 Å². The first-order chi connectivity index (χ1) is 15.2. The number of benzene rings is 2. The highest BCUT2D eigenvalue weighted by atomic mass is 16.3. The molecule has 1 aliphatic heterocycles. The number of carbonyl (C=O) groups excluding carboxylic acids is 1. The van der Waals surface area contributed by atoms with Crippen molar-refractivity contribution in [2.45, 2.75) is 19.3 Å². The Morgan fingerprint density at radius 2 is 1.90 bits per heavy atom. The van der Waals surface area contributed by atoms with Crippen LogP contribution in [0.5, 0.6) is 0 Å². The Hall–Kier alpha value is -3.28. The van der Waals surface area contributed by atoms with Gasteiger partial charge in [0.25, 0.3) is 0 Å². The molecule has 1 saturated heterocycles. The number of fused-ring (bicyclic) bond motifs is 1. The molecule has 1 unspecified atom stereocenters. The lowest BCUT2D eigenvalue weighted by Gasteiger charge is -2.18. The molecule has 162 valence electrons. The summed E-state index contributed by atoms with van der Waals surface area (Å²) >= 11 is 0. The fourth-order valence-electron chi connectivity index (χ4n) is 4.04. The average molecular weight is 419 g/mol. The molecule has 6 heteroatoms. The number of hydrogen-bond donors (Lipinski definition) is 2. The molecule has 1 aromatic heterocycles. The van der Waals surface area contributed by atoms with Gasteiger partial charge in [-0.25, -0.2) is 0 Å². The number of hydrogen-bond acceptors (Lipinski definition) is 3. The Bertz CT molecular complexity index is 995. The van der Waals surface area contributed by atoms with Crippen LogP contribution in [0.25, 0.3) is 11.0 Å². The van der Waals surface area contributed by atoms with Gasteiger partial charge in [0.15, 0.2) is 5.96 Å². The van der Waals surface area contributed by atoms with Gasteiger partial charge in [-0.15, -0.1) is 0 Å². The van der Waals surface area contributed by atoms with Gasteiger partial charge in [0.2, 0.25) is 5.91 Å². The van der Waals surface area contributed by atoms with Gasteiger partial charge in [-0.2, -0.15) is 0 Å². The summed E-state index contributed by atoms with van der Waals surface area (Å²) in [5.74, 6) is 2.26. The third-order valence-electron chi connectivity index (χ3n) is 5.73. The molecule has 2 aromatic carbocycles. The van der Waals surface area contributed by atoms with Crippen molar-refractivity contribution in [2.24, 2.45) is 10.9 Å². The van der Waals surface area contributed by atoms with Crippen LogP contribution in [0.2, 0.25) is 0 Å². The van der Waals surface area contributed by atoms with Gasteiger partial charge in [0, 0.05) is 57.4 Å². The fraction of sp³-hybridized carbons (Fsp3) is 0.360. The van der Waals surface area contributed by atoms with Crippen molar-refractivity contribution in [2.75, 3.05) is 33.2 Å². The van der Waals surface area contributed by atoms with E-state index in [-0.39, 0.29) is 5.91 Å². The molecule has 1 fully saturated rings. The van der Waals surface area contributed by atoms with Crippen LogP contribution in [0.15, 0.2) is 70.1 Å². The molecule has 2 heterocycles. The van der Waals surface area contributed by atoms with Crippen molar-refractivity contribution < 1.29 is 9.21 Å². The highest BCUT2D eigenvalue weighted by molar-refractivity contribution is 5.81. The van der Waals surface area contributed by atoms with Crippen molar-refractivity contribution in [3.05, 3.63) is 72.0 Å². The van der Waals surface area contributed by atoms with E-state index >= 15 is 0 Å². The average Bonchev–Trinajstić information content (AvgIpc) is 3.37. The third-order valence-corrected chi connectivity index (χ3v) is 5.73. The lowest BCUT2D eigenvalue weighted by Crippen LogP contribution is -2.41. The molecule has 1 aliphatic rings. The molecule has 0 radical (unpaired) electrons. The van der Waals surface area contributed by atoms with E-state index in [0.29, 0.717) is 12.3 Å². The SMILES string of the molecule is CN=C(NCCc1cc2ccccc2o1)NCC1CC(=O)N(CCc2ccccc2)C1. The number of furan rings is 1. The monoisotopic (exact) mass is 418 g/mol. The van der Waals surface area contributed by atoms with E-state index in [0.717, 1.165) is 61.7 Å². The Labute approximate surface area is 183 Å². The predicted molar refractivity (Wildman–Crippen MR) is 124 cm³/mol. The second kappa shape index (κ2) is 10.2. The molecule has 0 aliphatic carbocycles. The van der Waals surface area contributed by atoms with E-state index < -0.39 is 0 Å². The lowest BCUT2D eigenvalue weighted by atomic mass is 10.1. The minimum Gasteiger partial charge on any atom is -0.461 e. The smallest absolute Gasteiger partial charge is 0.223 e. The van der Waals surface area contributed by atoms with Crippen LogP contribution < -0.4 is 10.6 Å². The summed E-state index contributed by atoms with van der Waals surface area (Å²) in [6, 6.07) is 20.5. The summed E-state index contributed by atoms with van der Waals surface area (Å²) in [4.78, 5) is 18.7. The summed E-state index contributed by atoms with van der Waals surface area (Å²) in [5.41, 5.74) is 2.19. The largest absolute Gasteiger partial charge is 0.461 e. The molecule has 1 amide bonds. The Kier molecular flexibility index (Phi) is 6.87. The zero-order valence-electron chi connectivity index (χ0n) is 18.0. The zero-order valence-corrected chi connectivity index (χ0v) is 18.0. The van der Waals surface area contributed by atoms with Crippen molar-refractivity contribution >= 4 is 22.8 Å². The number of likely N-dealkylation sites (tertiary alicyclic amines) is 1. The highest BCUT2D eigenvalue weighted by Gasteiger charge is 2.29. The maximum absolute atomic E-state index is 12.4. The van der Waals surface area contributed by atoms with E-state index in [1.807, 2.05) is 41.3 Å². The van der Waals surface area contributed by atoms with Crippen LogP contribution in [-0.4, -0.2) is 50.0 Å². The molecular weight excluding hydrogens is 388 g/mol. The van der Waals surface area contributed by atoms with E-state index in [1.54, 1.807) is 7.05 Å². The number of para-hydroxylation sites is 1. The van der Waals surface area contributed by atoms with Crippen molar-refractivity contribution in [3.8, 4) is 0 Å². The first-order valence-corrected chi connectivity index (χ1v) is 10.9. The summed E-state index contributed by atoms with van der Waals surface area (Å²) in [5, 5.41) is 7.83. The van der Waals surface area contributed by atoms with Gasteiger partial charge < -0.3 is 20.0 Å². The number of nitrogens with one attached hydrogen (secondary N) is 2. The van der Waals surface area contributed by atoms with E-state index in [4.69, 9.17) is 4.42 Å². The summed E-state index contributed by atoms with van der Waals surface area (Å²) in [6.45, 7) is 3.04. The first-order valence-electron chi connectivity index (χ1n) is 10.9. The number of rotatable bonds is 8. The number of carbonyl (C=O) groups is 1. The van der Waals surface area contributed by atoms with Gasteiger partial charge in [0.05, 0.1) is 0 Å². The molecule has 3 aromatic rings. The van der Waals surface area contributed by atoms with Crippen LogP contribution in [-0.2, 0) is 17.6 Å². The lowest BCUT2D eigenvalue weighted by molar-refractivity contribution is -0.127. The van der Waals surface area contributed by atoms with Crippen LogP contribution in [0, 0.1) is 5.92 Å². The van der Waals surface area contributed by atoms with Crippen molar-refractivity contribution in [1.82, 2.24) is 15.5 Å². The van der Waals surface area contributed by atoms with Crippen LogP contribution in [0.4, 0.5) is 0 Å². The van der Waals surface area contributed by atoms with Crippen LogP contribution in [0.1, 0.15) is 17.7 Å². The maximum atomic E-state index is 12.4. The molecule has 0 bridgehead atoms. The number of guanidine groups is 1. The van der Waals surface area contributed by atoms with Gasteiger partial charge in [-0.3, -0.25) is 9.79 Å².